The van der Waals surface area contributed by atoms with E-state index in [-0.39, 0.29) is 11.0 Å². The minimum atomic E-state index is -0.0381. The van der Waals surface area contributed by atoms with E-state index in [9.17, 15) is 4.79 Å². The van der Waals surface area contributed by atoms with E-state index in [2.05, 4.69) is 39.6 Å². The Bertz CT molecular complexity index is 593. The zero-order valence-corrected chi connectivity index (χ0v) is 15.1. The number of nitrogens with zero attached hydrogens (tertiary/aromatic N) is 4. The molecular formula is C19H30N4O. The van der Waals surface area contributed by atoms with E-state index >= 15 is 0 Å². The molecule has 1 aromatic heterocycles. The Labute approximate surface area is 145 Å². The maximum Gasteiger partial charge on any atom is 0.228 e. The first-order chi connectivity index (χ1) is 11.5. The summed E-state index contributed by atoms with van der Waals surface area (Å²) in [4.78, 5) is 17.9. The fraction of sp³-hybridized carbons (Fsp3) is 0.789. The summed E-state index contributed by atoms with van der Waals surface area (Å²) in [6.45, 7) is 9.56. The van der Waals surface area contributed by atoms with Gasteiger partial charge in [-0.25, -0.2) is 0 Å². The smallest absolute Gasteiger partial charge is 0.228 e. The lowest BCUT2D eigenvalue weighted by Crippen LogP contribution is -2.58. The molecule has 4 aliphatic heterocycles. The molecule has 0 unspecified atom stereocenters. The molecule has 4 aliphatic rings. The summed E-state index contributed by atoms with van der Waals surface area (Å²) in [6.07, 6.45) is 10.4. The molecular weight excluding hydrogens is 300 g/mol. The third kappa shape index (κ3) is 2.57. The molecule has 5 nitrogen and oxygen atoms in total. The third-order valence-electron chi connectivity index (χ3n) is 6.90. The van der Waals surface area contributed by atoms with Crippen LogP contribution in [-0.2, 0) is 16.8 Å². The predicted octanol–water partition coefficient (Wildman–Crippen LogP) is 2.27. The first-order valence-electron chi connectivity index (χ1n) is 9.60. The maximum absolute atomic E-state index is 13.2. The number of likely N-dealkylation sites (tertiary alicyclic amines) is 1. The number of aromatic nitrogens is 2. The molecule has 24 heavy (non-hydrogen) atoms. The van der Waals surface area contributed by atoms with Crippen molar-refractivity contribution in [3.8, 4) is 0 Å². The van der Waals surface area contributed by atoms with Crippen molar-refractivity contribution in [1.82, 2.24) is 19.6 Å². The Morgan fingerprint density at radius 1 is 1.08 bits per heavy atom. The summed E-state index contributed by atoms with van der Waals surface area (Å²) in [5.41, 5.74) is 1.31. The van der Waals surface area contributed by atoms with Crippen molar-refractivity contribution in [2.75, 3.05) is 32.7 Å². The van der Waals surface area contributed by atoms with Crippen molar-refractivity contribution in [1.29, 1.82) is 0 Å². The van der Waals surface area contributed by atoms with Crippen LogP contribution in [-0.4, -0.2) is 58.2 Å². The normalized spacial score (nSPS) is 32.1. The lowest BCUT2D eigenvalue weighted by atomic mass is 9.70. The molecule has 0 radical (unpaired) electrons. The summed E-state index contributed by atoms with van der Waals surface area (Å²) >= 11 is 0. The Morgan fingerprint density at radius 2 is 1.71 bits per heavy atom. The highest BCUT2D eigenvalue weighted by Crippen LogP contribution is 2.42. The molecule has 132 valence electrons. The van der Waals surface area contributed by atoms with Crippen LogP contribution in [0.25, 0.3) is 0 Å². The highest BCUT2D eigenvalue weighted by atomic mass is 16.2. The molecule has 2 bridgehead atoms. The Hall–Kier alpha value is -1.36. The summed E-state index contributed by atoms with van der Waals surface area (Å²) in [6, 6.07) is 0. The molecule has 4 saturated heterocycles. The topological polar surface area (TPSA) is 41.4 Å². The predicted molar refractivity (Wildman–Crippen MR) is 93.8 cm³/mol. The highest BCUT2D eigenvalue weighted by molar-refractivity contribution is 5.83. The number of rotatable bonds is 3. The van der Waals surface area contributed by atoms with Gasteiger partial charge in [0.25, 0.3) is 0 Å². The van der Waals surface area contributed by atoms with E-state index < -0.39 is 0 Å². The van der Waals surface area contributed by atoms with Gasteiger partial charge in [0.15, 0.2) is 0 Å². The van der Waals surface area contributed by atoms with Crippen LogP contribution in [0.15, 0.2) is 12.4 Å². The summed E-state index contributed by atoms with van der Waals surface area (Å²) in [7, 11) is 0. The quantitative estimate of drug-likeness (QED) is 0.854. The monoisotopic (exact) mass is 330 g/mol. The van der Waals surface area contributed by atoms with E-state index in [0.29, 0.717) is 5.91 Å². The summed E-state index contributed by atoms with van der Waals surface area (Å²) in [5.74, 6) is 0.443. The first-order valence-corrected chi connectivity index (χ1v) is 9.60. The second-order valence-electron chi connectivity index (χ2n) is 8.31. The molecule has 0 N–H and O–H groups in total. The Morgan fingerprint density at radius 3 is 2.25 bits per heavy atom. The van der Waals surface area contributed by atoms with Gasteiger partial charge in [-0.1, -0.05) is 6.92 Å². The Balaban J connectivity index is 1.43. The zero-order chi connectivity index (χ0) is 16.8. The molecule has 4 fully saturated rings. The van der Waals surface area contributed by atoms with Crippen LogP contribution in [0, 0.1) is 5.41 Å². The van der Waals surface area contributed by atoms with Crippen LogP contribution in [0.1, 0.15) is 51.5 Å². The molecule has 0 atom stereocenters. The largest absolute Gasteiger partial charge is 0.342 e. The number of hydrogen-bond acceptors (Lipinski definition) is 3. The second kappa shape index (κ2) is 5.87. The number of amides is 1. The van der Waals surface area contributed by atoms with Gasteiger partial charge in [-0.15, -0.1) is 0 Å². The standard InChI is InChI=1S/C19H30N4O/c1-3-16-14-20-23(15-16)18(2)4-12-22(13-5-18)17(24)19-6-9-21(10-7-19)11-8-19/h14-15H,3-13H2,1-2H3. The van der Waals surface area contributed by atoms with E-state index in [0.717, 1.165) is 71.2 Å². The number of carbonyl (C=O) groups excluding carboxylic acids is 1. The van der Waals surface area contributed by atoms with Crippen molar-refractivity contribution in [2.24, 2.45) is 5.41 Å². The third-order valence-corrected chi connectivity index (χ3v) is 6.90. The molecule has 0 saturated carbocycles. The molecule has 1 amide bonds. The zero-order valence-electron chi connectivity index (χ0n) is 15.1. The van der Waals surface area contributed by atoms with Gasteiger partial charge < -0.3 is 9.80 Å². The lowest BCUT2D eigenvalue weighted by molar-refractivity contribution is -0.151. The fourth-order valence-corrected chi connectivity index (χ4v) is 4.74. The van der Waals surface area contributed by atoms with Crippen molar-refractivity contribution in [2.45, 2.75) is 57.9 Å². The van der Waals surface area contributed by atoms with Gasteiger partial charge in [0.1, 0.15) is 0 Å². The van der Waals surface area contributed by atoms with Crippen LogP contribution in [0.4, 0.5) is 0 Å². The molecule has 5 heteroatoms. The van der Waals surface area contributed by atoms with Gasteiger partial charge in [0.2, 0.25) is 5.91 Å². The highest BCUT2D eigenvalue weighted by Gasteiger charge is 2.48. The lowest BCUT2D eigenvalue weighted by Gasteiger charge is -2.50. The van der Waals surface area contributed by atoms with Gasteiger partial charge in [0.05, 0.1) is 17.2 Å². The molecule has 5 heterocycles. The van der Waals surface area contributed by atoms with Crippen molar-refractivity contribution >= 4 is 5.91 Å². The van der Waals surface area contributed by atoms with E-state index in [1.807, 2.05) is 6.20 Å². The number of piperidine rings is 4. The molecule has 1 aromatic rings. The number of aryl methyl sites for hydroxylation is 1. The van der Waals surface area contributed by atoms with Crippen LogP contribution in [0.3, 0.4) is 0 Å². The van der Waals surface area contributed by atoms with Crippen LogP contribution < -0.4 is 0 Å². The summed E-state index contributed by atoms with van der Waals surface area (Å²) < 4.78 is 2.14. The minimum absolute atomic E-state index is 0.0381. The van der Waals surface area contributed by atoms with Crippen molar-refractivity contribution < 1.29 is 4.79 Å². The molecule has 0 spiro atoms. The van der Waals surface area contributed by atoms with Gasteiger partial charge >= 0.3 is 0 Å². The van der Waals surface area contributed by atoms with Gasteiger partial charge in [-0.2, -0.15) is 5.10 Å². The number of carbonyl (C=O) groups is 1. The SMILES string of the molecule is CCc1cnn(C2(C)CCN(C(=O)C34CCN(CC3)CC4)CC2)c1. The van der Waals surface area contributed by atoms with E-state index in [1.165, 1.54) is 5.56 Å². The van der Waals surface area contributed by atoms with Crippen LogP contribution in [0.5, 0.6) is 0 Å². The van der Waals surface area contributed by atoms with E-state index in [1.54, 1.807) is 0 Å². The second-order valence-corrected chi connectivity index (χ2v) is 8.31. The Kier molecular flexibility index (Phi) is 3.94. The van der Waals surface area contributed by atoms with Gasteiger partial charge in [0, 0.05) is 19.3 Å². The van der Waals surface area contributed by atoms with Crippen LogP contribution in [0.2, 0.25) is 0 Å². The molecule has 0 aromatic carbocycles. The minimum Gasteiger partial charge on any atom is -0.342 e. The number of hydrogen-bond donors (Lipinski definition) is 0. The number of fused-ring (bicyclic) bond motifs is 3. The van der Waals surface area contributed by atoms with Gasteiger partial charge in [-0.3, -0.25) is 9.48 Å². The molecule has 5 rings (SSSR count). The summed E-state index contributed by atoms with van der Waals surface area (Å²) in [5, 5.41) is 4.59. The van der Waals surface area contributed by atoms with Gasteiger partial charge in [-0.05, 0) is 70.6 Å². The van der Waals surface area contributed by atoms with Crippen molar-refractivity contribution in [3.63, 3.8) is 0 Å². The maximum atomic E-state index is 13.2. The van der Waals surface area contributed by atoms with Crippen molar-refractivity contribution in [3.05, 3.63) is 18.0 Å². The van der Waals surface area contributed by atoms with E-state index in [4.69, 9.17) is 0 Å². The average Bonchev–Trinajstić information content (AvgIpc) is 3.13. The molecule has 0 aliphatic carbocycles. The first kappa shape index (κ1) is 16.1. The average molecular weight is 330 g/mol. The van der Waals surface area contributed by atoms with Crippen LogP contribution >= 0.6 is 0 Å². The fourth-order valence-electron chi connectivity index (χ4n) is 4.74.